The van der Waals surface area contributed by atoms with E-state index in [1.165, 1.54) is 14.1 Å². The molecule has 13 nitrogen and oxygen atoms in total. The minimum absolute atomic E-state index is 0.0441. The summed E-state index contributed by atoms with van der Waals surface area (Å²) in [6, 6.07) is 16.3. The molecule has 0 spiro atoms. The average Bonchev–Trinajstić information content (AvgIpc) is 3.56. The molecule has 0 radical (unpaired) electrons. The van der Waals surface area contributed by atoms with Crippen molar-refractivity contribution in [2.75, 3.05) is 98.7 Å². The van der Waals surface area contributed by atoms with Crippen LogP contribution in [0.1, 0.15) is 35.7 Å². The number of aliphatic imine (C=N–C) groups is 1. The second kappa shape index (κ2) is 16.8. The molecule has 3 heterocycles. The molecule has 2 fully saturated rings. The Labute approximate surface area is 327 Å². The van der Waals surface area contributed by atoms with E-state index >= 15 is 4.79 Å². The highest BCUT2D eigenvalue weighted by Crippen LogP contribution is 2.46. The topological polar surface area (TPSA) is 119 Å². The van der Waals surface area contributed by atoms with Crippen molar-refractivity contribution >= 4 is 56.7 Å². The number of ether oxygens (including phenoxy) is 2. The molecule has 3 aromatic rings. The summed E-state index contributed by atoms with van der Waals surface area (Å²) < 4.78 is 40.5. The fourth-order valence-corrected chi connectivity index (χ4v) is 8.38. The van der Waals surface area contributed by atoms with Gasteiger partial charge in [0.1, 0.15) is 22.5 Å². The van der Waals surface area contributed by atoms with E-state index in [0.717, 1.165) is 15.4 Å². The number of amidine groups is 1. The van der Waals surface area contributed by atoms with Gasteiger partial charge in [-0.3, -0.25) is 19.6 Å². The molecule has 3 aliphatic rings. The van der Waals surface area contributed by atoms with Gasteiger partial charge >= 0.3 is 6.03 Å². The summed E-state index contributed by atoms with van der Waals surface area (Å²) in [7, 11) is 2.53. The highest BCUT2D eigenvalue weighted by atomic mass is 35.5. The molecular weight excluding hydrogens is 753 g/mol. The van der Waals surface area contributed by atoms with Crippen LogP contribution >= 0.6 is 23.2 Å². The number of halogens is 2. The monoisotopic (exact) mass is 799 g/mol. The lowest BCUT2D eigenvalue weighted by molar-refractivity contribution is -0.136. The maximum Gasteiger partial charge on any atom is 0.326 e. The first-order valence-corrected chi connectivity index (χ1v) is 20.2. The van der Waals surface area contributed by atoms with Gasteiger partial charge in [0.25, 0.3) is 0 Å². The first-order valence-electron chi connectivity index (χ1n) is 18.0. The number of carbonyl (C=O) groups excluding carboxylic acids is 2. The number of nitrogens with zero attached hydrogens (tertiary/aromatic N) is 7. The van der Waals surface area contributed by atoms with Crippen LogP contribution in [0.3, 0.4) is 0 Å². The lowest BCUT2D eigenvalue weighted by Gasteiger charge is -2.39. The van der Waals surface area contributed by atoms with E-state index in [2.05, 4.69) is 4.90 Å². The van der Waals surface area contributed by atoms with Gasteiger partial charge in [-0.05, 0) is 48.4 Å². The summed E-state index contributed by atoms with van der Waals surface area (Å²) >= 11 is 12.7. The number of anilines is 1. The van der Waals surface area contributed by atoms with E-state index in [1.54, 1.807) is 65.2 Å². The van der Waals surface area contributed by atoms with Gasteiger partial charge < -0.3 is 24.2 Å². The Morgan fingerprint density at radius 1 is 0.852 bits per heavy atom. The van der Waals surface area contributed by atoms with Gasteiger partial charge in [-0.2, -0.15) is 0 Å². The Balaban J connectivity index is 1.45. The fourth-order valence-electron chi connectivity index (χ4n) is 6.96. The zero-order valence-corrected chi connectivity index (χ0v) is 33.6. The molecule has 0 aromatic heterocycles. The second-order valence-electron chi connectivity index (χ2n) is 13.8. The first kappa shape index (κ1) is 39.8. The van der Waals surface area contributed by atoms with E-state index < -0.39 is 22.1 Å². The molecule has 2 atom stereocenters. The third-order valence-electron chi connectivity index (χ3n) is 9.90. The summed E-state index contributed by atoms with van der Waals surface area (Å²) in [4.78, 5) is 42.5. The molecule has 6 rings (SSSR count). The SMILES string of the molecule is CCOc1cc(N(C)C)c(S(=O)(=O)N(C)C)cc1C1=N[C@@H](c2ccc(Cl)cc2)[C@@H](c2ccc(Cl)cc2)N1C(=O)N1CCN(CC(=O)N2CCOCC2)CC1. The van der Waals surface area contributed by atoms with Crippen LogP contribution in [0.2, 0.25) is 10.0 Å². The molecular formula is C38H47Cl2N7O6S. The molecule has 3 amide bonds. The molecule has 16 heteroatoms. The molecule has 290 valence electrons. The Morgan fingerprint density at radius 3 is 2.00 bits per heavy atom. The molecule has 0 unspecified atom stereocenters. The van der Waals surface area contributed by atoms with Crippen molar-refractivity contribution in [2.24, 2.45) is 4.99 Å². The van der Waals surface area contributed by atoms with E-state index in [0.29, 0.717) is 79.5 Å². The van der Waals surface area contributed by atoms with Gasteiger partial charge in [0.15, 0.2) is 0 Å². The summed E-state index contributed by atoms with van der Waals surface area (Å²) in [6.45, 7) is 6.36. The van der Waals surface area contributed by atoms with Crippen molar-refractivity contribution in [1.82, 2.24) is 23.9 Å². The van der Waals surface area contributed by atoms with E-state index in [1.807, 2.05) is 36.1 Å². The lowest BCUT2D eigenvalue weighted by Crippen LogP contribution is -2.56. The van der Waals surface area contributed by atoms with Crippen LogP contribution in [0.4, 0.5) is 10.5 Å². The average molecular weight is 801 g/mol. The van der Waals surface area contributed by atoms with Crippen molar-refractivity contribution in [3.05, 3.63) is 87.4 Å². The highest BCUT2D eigenvalue weighted by Gasteiger charge is 2.45. The van der Waals surface area contributed by atoms with E-state index in [4.69, 9.17) is 37.7 Å². The number of hydrogen-bond acceptors (Lipinski definition) is 9. The molecule has 3 aliphatic heterocycles. The van der Waals surface area contributed by atoms with Crippen molar-refractivity contribution in [3.8, 4) is 5.75 Å². The second-order valence-corrected chi connectivity index (χ2v) is 16.8. The van der Waals surface area contributed by atoms with Crippen LogP contribution in [0.15, 0.2) is 70.6 Å². The van der Waals surface area contributed by atoms with Crippen LogP contribution in [-0.4, -0.2) is 144 Å². The zero-order chi connectivity index (χ0) is 38.7. The number of hydrogen-bond donors (Lipinski definition) is 0. The van der Waals surface area contributed by atoms with Crippen molar-refractivity contribution in [1.29, 1.82) is 0 Å². The Hall–Kier alpha value is -3.92. The van der Waals surface area contributed by atoms with Crippen LogP contribution in [0.25, 0.3) is 0 Å². The number of morpholine rings is 1. The quantitative estimate of drug-likeness (QED) is 0.286. The molecule has 3 aromatic carbocycles. The first-order chi connectivity index (χ1) is 25.8. The highest BCUT2D eigenvalue weighted by molar-refractivity contribution is 7.89. The van der Waals surface area contributed by atoms with Crippen molar-refractivity contribution in [2.45, 2.75) is 23.9 Å². The number of piperazine rings is 1. The van der Waals surface area contributed by atoms with Gasteiger partial charge in [0.05, 0.1) is 43.7 Å². The molecule has 0 aliphatic carbocycles. The number of sulfonamides is 1. The normalized spacial score (nSPS) is 19.6. The van der Waals surface area contributed by atoms with E-state index in [-0.39, 0.29) is 35.8 Å². The smallest absolute Gasteiger partial charge is 0.326 e. The number of urea groups is 1. The number of benzene rings is 3. The maximum absolute atomic E-state index is 15.1. The van der Waals surface area contributed by atoms with Gasteiger partial charge in [0.2, 0.25) is 15.9 Å². The summed E-state index contributed by atoms with van der Waals surface area (Å²) in [5, 5.41) is 1.09. The molecule has 0 N–H and O–H groups in total. The van der Waals surface area contributed by atoms with Crippen LogP contribution < -0.4 is 9.64 Å². The predicted octanol–water partition coefficient (Wildman–Crippen LogP) is 4.85. The van der Waals surface area contributed by atoms with Crippen LogP contribution in [0, 0.1) is 0 Å². The Kier molecular flexibility index (Phi) is 12.4. The lowest BCUT2D eigenvalue weighted by atomic mass is 9.93. The third kappa shape index (κ3) is 8.33. The Bertz CT molecular complexity index is 1960. The van der Waals surface area contributed by atoms with E-state index in [9.17, 15) is 13.2 Å². The van der Waals surface area contributed by atoms with Gasteiger partial charge in [-0.1, -0.05) is 47.5 Å². The van der Waals surface area contributed by atoms with Gasteiger partial charge in [0, 0.05) is 83.6 Å². The molecule has 54 heavy (non-hydrogen) atoms. The number of amides is 3. The standard InChI is InChI=1S/C38H47Cl2N7O6S/c1-6-53-32-24-31(42(2)3)33(54(50,51)43(4)5)23-30(32)37-41-35(26-7-11-28(39)12-8-26)36(27-9-13-29(40)14-10-27)47(37)38(49)46-17-15-44(16-18-46)25-34(48)45-19-21-52-22-20-45/h7-14,23-24,35-36H,6,15-22,25H2,1-5H3/t35-,36+/m0/s1. The van der Waals surface area contributed by atoms with Crippen LogP contribution in [-0.2, 0) is 19.6 Å². The molecule has 0 bridgehead atoms. The summed E-state index contributed by atoms with van der Waals surface area (Å²) in [5.74, 6) is 0.705. The molecule has 0 saturated carbocycles. The van der Waals surface area contributed by atoms with Gasteiger partial charge in [-0.15, -0.1) is 0 Å². The Morgan fingerprint density at radius 2 is 1.44 bits per heavy atom. The van der Waals surface area contributed by atoms with Gasteiger partial charge in [-0.25, -0.2) is 17.5 Å². The third-order valence-corrected chi connectivity index (χ3v) is 12.3. The minimum atomic E-state index is -3.97. The fraction of sp³-hybridized carbons (Fsp3) is 0.447. The minimum Gasteiger partial charge on any atom is -0.493 e. The maximum atomic E-state index is 15.1. The number of carbonyl (C=O) groups is 2. The zero-order valence-electron chi connectivity index (χ0n) is 31.2. The summed E-state index contributed by atoms with van der Waals surface area (Å²) in [6.07, 6.45) is 0. The predicted molar refractivity (Wildman–Crippen MR) is 210 cm³/mol. The molecule has 2 saturated heterocycles. The van der Waals surface area contributed by atoms with Crippen molar-refractivity contribution in [3.63, 3.8) is 0 Å². The van der Waals surface area contributed by atoms with Crippen LogP contribution in [0.5, 0.6) is 5.75 Å². The summed E-state index contributed by atoms with van der Waals surface area (Å²) in [5.41, 5.74) is 2.38. The largest absolute Gasteiger partial charge is 0.493 e. The van der Waals surface area contributed by atoms with Crippen molar-refractivity contribution < 1.29 is 27.5 Å². The number of rotatable bonds is 10.